The van der Waals surface area contributed by atoms with Crippen molar-refractivity contribution in [3.63, 3.8) is 0 Å². The normalized spacial score (nSPS) is 15.1. The first-order chi connectivity index (χ1) is 23.5. The number of carbonyl (C=O) groups is 3. The van der Waals surface area contributed by atoms with Crippen LogP contribution in [0.1, 0.15) is 22.3 Å². The second-order valence-corrected chi connectivity index (χ2v) is 10.4. The van der Waals surface area contributed by atoms with E-state index in [9.17, 15) is 67.1 Å². The molecule has 1 atom stereocenters. The van der Waals surface area contributed by atoms with Gasteiger partial charge in [-0.2, -0.15) is 52.7 Å². The van der Waals surface area contributed by atoms with Crippen LogP contribution < -0.4 is 9.47 Å². The van der Waals surface area contributed by atoms with Gasteiger partial charge in [-0.05, 0) is 36.4 Å². The van der Waals surface area contributed by atoms with Crippen LogP contribution in [0.15, 0.2) is 36.4 Å². The zero-order valence-corrected chi connectivity index (χ0v) is 25.6. The summed E-state index contributed by atoms with van der Waals surface area (Å²) >= 11 is 0. The summed E-state index contributed by atoms with van der Waals surface area (Å²) in [5, 5.41) is 0. The molecule has 2 aromatic carbocycles. The first-order valence-corrected chi connectivity index (χ1v) is 14.2. The Hall–Kier alpha value is -4.47. The van der Waals surface area contributed by atoms with Crippen LogP contribution in [-0.2, 0) is 58.0 Å². The molecule has 22 heteroatoms. The molecule has 0 aromatic heterocycles. The van der Waals surface area contributed by atoms with Gasteiger partial charge in [0, 0.05) is 13.1 Å². The summed E-state index contributed by atoms with van der Waals surface area (Å²) in [4.78, 5) is 38.6. The first-order valence-electron chi connectivity index (χ1n) is 14.2. The summed E-state index contributed by atoms with van der Waals surface area (Å²) in [6.07, 6.45) is -22.6. The van der Waals surface area contributed by atoms with Crippen molar-refractivity contribution in [2.75, 3.05) is 59.3 Å². The van der Waals surface area contributed by atoms with Gasteiger partial charge in [0.15, 0.2) is 19.3 Å². The number of benzene rings is 2. The largest absolute Gasteiger partial charge is 0.482 e. The highest BCUT2D eigenvalue weighted by Gasteiger charge is 2.38. The molecule has 0 radical (unpaired) electrons. The van der Waals surface area contributed by atoms with E-state index in [0.29, 0.717) is 26.3 Å². The van der Waals surface area contributed by atoms with Gasteiger partial charge >= 0.3 is 42.6 Å². The van der Waals surface area contributed by atoms with Crippen LogP contribution >= 0.6 is 0 Å². The zero-order valence-electron chi connectivity index (χ0n) is 25.6. The van der Waals surface area contributed by atoms with Crippen molar-refractivity contribution in [2.24, 2.45) is 0 Å². The maximum absolute atomic E-state index is 13.1. The summed E-state index contributed by atoms with van der Waals surface area (Å²) in [5.74, 6) is -5.82. The van der Waals surface area contributed by atoms with E-state index in [1.54, 1.807) is 4.90 Å². The highest BCUT2D eigenvalue weighted by Crippen LogP contribution is 2.39. The Bertz CT molecular complexity index is 1450. The summed E-state index contributed by atoms with van der Waals surface area (Å²) < 4.78 is 187. The zero-order chi connectivity index (χ0) is 38.2. The minimum Gasteiger partial charge on any atom is -0.482 e. The topological polar surface area (TPSA) is 110 Å². The van der Waals surface area contributed by atoms with Crippen molar-refractivity contribution in [3.05, 3.63) is 58.7 Å². The van der Waals surface area contributed by atoms with Crippen molar-refractivity contribution in [3.8, 4) is 11.5 Å². The molecule has 1 saturated heterocycles. The molecule has 0 saturated carbocycles. The quantitative estimate of drug-likeness (QED) is 0.147. The van der Waals surface area contributed by atoms with Gasteiger partial charge in [0.25, 0.3) is 0 Å². The standard InChI is InChI=1S/C29H25F12NO9/c30-26(31,32)16-5-17(27(33,34)35)8-20(7-16)47-14-24(44)50-13-22(12-49-23(43)11-42-1-3-46-4-2-42)51-25(45)15-48-21-9-18(28(36,37)38)6-19(10-21)29(39,40)41/h5-10,22H,1-4,11-15H2. The van der Waals surface area contributed by atoms with E-state index >= 15 is 0 Å². The molecule has 10 nitrogen and oxygen atoms in total. The molecule has 0 amide bonds. The lowest BCUT2D eigenvalue weighted by molar-refractivity contribution is -0.169. The Morgan fingerprint density at radius 3 is 1.35 bits per heavy atom. The van der Waals surface area contributed by atoms with Gasteiger partial charge in [-0.1, -0.05) is 0 Å². The highest BCUT2D eigenvalue weighted by atomic mass is 19.4. The maximum atomic E-state index is 13.1. The highest BCUT2D eigenvalue weighted by molar-refractivity contribution is 5.73. The number of morpholine rings is 1. The Kier molecular flexibility index (Phi) is 13.4. The molecule has 0 spiro atoms. The molecule has 51 heavy (non-hydrogen) atoms. The fourth-order valence-electron chi connectivity index (χ4n) is 4.04. The van der Waals surface area contributed by atoms with Gasteiger partial charge < -0.3 is 28.4 Å². The Labute approximate surface area is 279 Å². The minimum absolute atomic E-state index is 0.178. The van der Waals surface area contributed by atoms with Crippen molar-refractivity contribution in [1.82, 2.24) is 4.90 Å². The molecule has 1 heterocycles. The number of hydrogen-bond acceptors (Lipinski definition) is 10. The molecule has 0 bridgehead atoms. The second-order valence-electron chi connectivity index (χ2n) is 10.4. The number of rotatable bonds is 13. The molecule has 0 N–H and O–H groups in total. The molecular weight excluding hydrogens is 734 g/mol. The molecule has 284 valence electrons. The second kappa shape index (κ2) is 16.7. The number of halogens is 12. The number of carbonyl (C=O) groups excluding carboxylic acids is 3. The molecule has 3 rings (SSSR count). The van der Waals surface area contributed by atoms with E-state index in [1.807, 2.05) is 0 Å². The van der Waals surface area contributed by atoms with Crippen LogP contribution in [0.2, 0.25) is 0 Å². The van der Waals surface area contributed by atoms with Crippen LogP contribution in [0.4, 0.5) is 52.7 Å². The maximum Gasteiger partial charge on any atom is 0.416 e. The van der Waals surface area contributed by atoms with Gasteiger partial charge in [0.2, 0.25) is 0 Å². The summed E-state index contributed by atoms with van der Waals surface area (Å²) in [6, 6.07) is 0.351. The Balaban J connectivity index is 1.67. The van der Waals surface area contributed by atoms with Crippen molar-refractivity contribution in [2.45, 2.75) is 30.8 Å². The molecule has 1 aliphatic rings. The summed E-state index contributed by atoms with van der Waals surface area (Å²) in [7, 11) is 0. The van der Waals surface area contributed by atoms with E-state index in [1.165, 1.54) is 0 Å². The van der Waals surface area contributed by atoms with E-state index in [4.69, 9.17) is 28.4 Å². The van der Waals surface area contributed by atoms with E-state index in [2.05, 4.69) is 0 Å². The number of hydrogen-bond donors (Lipinski definition) is 0. The number of esters is 3. The lowest BCUT2D eigenvalue weighted by Crippen LogP contribution is -2.41. The third-order valence-electron chi connectivity index (χ3n) is 6.45. The average molecular weight is 759 g/mol. The number of ether oxygens (including phenoxy) is 6. The van der Waals surface area contributed by atoms with Crippen molar-refractivity contribution >= 4 is 17.9 Å². The van der Waals surface area contributed by atoms with Crippen LogP contribution in [0, 0.1) is 0 Å². The first kappa shape index (κ1) is 41.0. The van der Waals surface area contributed by atoms with Gasteiger partial charge in [0.05, 0.1) is 42.0 Å². The summed E-state index contributed by atoms with van der Waals surface area (Å²) in [5.41, 5.74) is -6.98. The van der Waals surface area contributed by atoms with Crippen LogP contribution in [0.5, 0.6) is 11.5 Å². The lowest BCUT2D eigenvalue weighted by Gasteiger charge is -2.25. The third-order valence-corrected chi connectivity index (χ3v) is 6.45. The molecular formula is C29H25F12NO9. The van der Waals surface area contributed by atoms with E-state index in [-0.39, 0.29) is 42.9 Å². The number of alkyl halides is 12. The Morgan fingerprint density at radius 1 is 0.588 bits per heavy atom. The predicted molar refractivity (Wildman–Crippen MR) is 143 cm³/mol. The predicted octanol–water partition coefficient (Wildman–Crippen LogP) is 5.55. The van der Waals surface area contributed by atoms with E-state index in [0.717, 1.165) is 0 Å². The van der Waals surface area contributed by atoms with Crippen LogP contribution in [0.3, 0.4) is 0 Å². The SMILES string of the molecule is O=C(COc1cc(C(F)(F)F)cc(C(F)(F)F)c1)OCC(COC(=O)CN1CCOCC1)OC(=O)COc1cc(C(F)(F)F)cc(C(F)(F)F)c1. The van der Waals surface area contributed by atoms with Crippen LogP contribution in [-0.4, -0.2) is 88.2 Å². The van der Waals surface area contributed by atoms with Gasteiger partial charge in [0.1, 0.15) is 24.7 Å². The van der Waals surface area contributed by atoms with Gasteiger partial charge in [-0.15, -0.1) is 0 Å². The monoisotopic (exact) mass is 759 g/mol. The van der Waals surface area contributed by atoms with E-state index < -0.39 is 109 Å². The molecule has 1 fully saturated rings. The average Bonchev–Trinajstić information content (AvgIpc) is 3.02. The van der Waals surface area contributed by atoms with Crippen molar-refractivity contribution < 1.29 is 95.5 Å². The fraction of sp³-hybridized carbons (Fsp3) is 0.483. The number of nitrogens with zero attached hydrogens (tertiary/aromatic N) is 1. The van der Waals surface area contributed by atoms with Gasteiger partial charge in [-0.3, -0.25) is 9.69 Å². The third kappa shape index (κ3) is 13.6. The molecule has 1 unspecified atom stereocenters. The van der Waals surface area contributed by atoms with Crippen molar-refractivity contribution in [1.29, 1.82) is 0 Å². The summed E-state index contributed by atoms with van der Waals surface area (Å²) in [6.45, 7) is -3.35. The molecule has 2 aromatic rings. The van der Waals surface area contributed by atoms with Crippen LogP contribution in [0.25, 0.3) is 0 Å². The molecule has 1 aliphatic heterocycles. The lowest BCUT2D eigenvalue weighted by atomic mass is 10.1. The smallest absolute Gasteiger partial charge is 0.416 e. The fourth-order valence-corrected chi connectivity index (χ4v) is 4.04. The van der Waals surface area contributed by atoms with Gasteiger partial charge in [-0.25, -0.2) is 9.59 Å². The minimum atomic E-state index is -5.23. The Morgan fingerprint density at radius 2 is 0.961 bits per heavy atom. The molecule has 0 aliphatic carbocycles.